The predicted molar refractivity (Wildman–Crippen MR) is 130 cm³/mol. The fourth-order valence-corrected chi connectivity index (χ4v) is 4.33. The Hall–Kier alpha value is -2.19. The van der Waals surface area contributed by atoms with Crippen molar-refractivity contribution >= 4 is 0 Å². The number of aliphatic hydroxyl groups is 1. The molecule has 1 aliphatic rings. The first-order chi connectivity index (χ1) is 15.3. The van der Waals surface area contributed by atoms with Crippen molar-refractivity contribution in [3.05, 3.63) is 71.0 Å². The number of nitrogens with zero attached hydrogens (tertiary/aromatic N) is 2. The Balaban J connectivity index is 1.49. The smallest absolute Gasteiger partial charge is 0.123 e. The maximum absolute atomic E-state index is 13.4. The Bertz CT molecular complexity index is 908. The molecule has 0 saturated carbocycles. The summed E-state index contributed by atoms with van der Waals surface area (Å²) in [6.07, 6.45) is 3.42. The molecule has 0 unspecified atom stereocenters. The van der Waals surface area contributed by atoms with Gasteiger partial charge in [0.1, 0.15) is 11.4 Å². The average Bonchev–Trinajstić information content (AvgIpc) is 2.76. The second kappa shape index (κ2) is 11.6. The van der Waals surface area contributed by atoms with E-state index < -0.39 is 5.60 Å². The van der Waals surface area contributed by atoms with Crippen molar-refractivity contribution in [3.8, 4) is 11.8 Å². The fraction of sp³-hybridized carbons (Fsp3) is 0.500. The molecule has 0 aromatic heterocycles. The Morgan fingerprint density at radius 3 is 2.62 bits per heavy atom. The summed E-state index contributed by atoms with van der Waals surface area (Å²) in [7, 11) is 0. The fourth-order valence-electron chi connectivity index (χ4n) is 4.33. The van der Waals surface area contributed by atoms with Crippen molar-refractivity contribution in [1.29, 1.82) is 0 Å². The molecule has 4 heteroatoms. The van der Waals surface area contributed by atoms with Gasteiger partial charge in [0.2, 0.25) is 0 Å². The standard InChI is InChI=1S/C28H37FN2O/c1-4-30(20-25-12-10-23(11-13-25)14-16-28(2,3)32)21-26-8-6-17-31(22-26)18-15-24-7-5-9-27(29)19-24/h5,7,9-13,19,26,32H,4,6,8,15,17-18,20-22H2,1-3H3/t26-/m0/s1. The van der Waals surface area contributed by atoms with Crippen molar-refractivity contribution in [2.75, 3.05) is 32.7 Å². The number of likely N-dealkylation sites (tertiary alicyclic amines) is 1. The van der Waals surface area contributed by atoms with E-state index in [4.69, 9.17) is 0 Å². The van der Waals surface area contributed by atoms with Crippen LogP contribution in [0.3, 0.4) is 0 Å². The van der Waals surface area contributed by atoms with Crippen LogP contribution in [0.1, 0.15) is 50.3 Å². The van der Waals surface area contributed by atoms with E-state index in [2.05, 4.69) is 40.7 Å². The maximum atomic E-state index is 13.4. The van der Waals surface area contributed by atoms with Crippen LogP contribution in [-0.2, 0) is 13.0 Å². The number of halogens is 1. The van der Waals surface area contributed by atoms with Crippen LogP contribution in [0, 0.1) is 23.6 Å². The molecule has 0 radical (unpaired) electrons. The van der Waals surface area contributed by atoms with Crippen LogP contribution in [0.4, 0.5) is 4.39 Å². The Kier molecular flexibility index (Phi) is 8.87. The molecule has 0 amide bonds. The first kappa shape index (κ1) is 24.5. The molecule has 1 heterocycles. The van der Waals surface area contributed by atoms with E-state index in [-0.39, 0.29) is 5.82 Å². The van der Waals surface area contributed by atoms with Gasteiger partial charge in [-0.25, -0.2) is 4.39 Å². The highest BCUT2D eigenvalue weighted by atomic mass is 19.1. The molecular weight excluding hydrogens is 399 g/mol. The van der Waals surface area contributed by atoms with Crippen molar-refractivity contribution in [2.24, 2.45) is 5.92 Å². The molecule has 0 bridgehead atoms. The van der Waals surface area contributed by atoms with E-state index >= 15 is 0 Å². The van der Waals surface area contributed by atoms with Crippen molar-refractivity contribution in [3.63, 3.8) is 0 Å². The topological polar surface area (TPSA) is 26.7 Å². The van der Waals surface area contributed by atoms with Crippen LogP contribution >= 0.6 is 0 Å². The lowest BCUT2D eigenvalue weighted by atomic mass is 9.96. The van der Waals surface area contributed by atoms with E-state index in [1.54, 1.807) is 26.0 Å². The quantitative estimate of drug-likeness (QED) is 0.607. The molecule has 3 nitrogen and oxygen atoms in total. The molecule has 2 aromatic rings. The van der Waals surface area contributed by atoms with E-state index in [0.717, 1.165) is 56.8 Å². The summed E-state index contributed by atoms with van der Waals surface area (Å²) >= 11 is 0. The van der Waals surface area contributed by atoms with Gasteiger partial charge >= 0.3 is 0 Å². The molecule has 3 rings (SSSR count). The molecule has 1 saturated heterocycles. The summed E-state index contributed by atoms with van der Waals surface area (Å²) in [5, 5.41) is 9.76. The van der Waals surface area contributed by atoms with E-state index in [9.17, 15) is 9.50 Å². The van der Waals surface area contributed by atoms with Crippen molar-refractivity contribution in [2.45, 2.75) is 52.2 Å². The summed E-state index contributed by atoms with van der Waals surface area (Å²) in [5.41, 5.74) is 2.33. The molecule has 1 fully saturated rings. The van der Waals surface area contributed by atoms with Gasteiger partial charge in [0.25, 0.3) is 0 Å². The van der Waals surface area contributed by atoms with Gasteiger partial charge in [-0.3, -0.25) is 4.90 Å². The summed E-state index contributed by atoms with van der Waals surface area (Å²) in [6, 6.07) is 15.3. The van der Waals surface area contributed by atoms with Gasteiger partial charge in [-0.15, -0.1) is 0 Å². The summed E-state index contributed by atoms with van der Waals surface area (Å²) in [6.45, 7) is 12.0. The highest BCUT2D eigenvalue weighted by Crippen LogP contribution is 2.19. The van der Waals surface area contributed by atoms with Gasteiger partial charge < -0.3 is 10.0 Å². The van der Waals surface area contributed by atoms with Crippen LogP contribution in [0.15, 0.2) is 48.5 Å². The molecule has 0 aliphatic carbocycles. The number of hydrogen-bond acceptors (Lipinski definition) is 3. The van der Waals surface area contributed by atoms with Crippen molar-refractivity contribution in [1.82, 2.24) is 9.80 Å². The van der Waals surface area contributed by atoms with Gasteiger partial charge in [-0.05, 0) is 87.5 Å². The van der Waals surface area contributed by atoms with E-state index in [1.807, 2.05) is 18.2 Å². The zero-order chi connectivity index (χ0) is 23.0. The Morgan fingerprint density at radius 1 is 1.16 bits per heavy atom. The lowest BCUT2D eigenvalue weighted by Gasteiger charge is -2.35. The number of piperidine rings is 1. The van der Waals surface area contributed by atoms with Gasteiger partial charge in [0.15, 0.2) is 0 Å². The van der Waals surface area contributed by atoms with E-state index in [1.165, 1.54) is 24.5 Å². The second-order valence-corrected chi connectivity index (χ2v) is 9.52. The highest BCUT2D eigenvalue weighted by molar-refractivity contribution is 5.37. The van der Waals surface area contributed by atoms with E-state index in [0.29, 0.717) is 5.92 Å². The SMILES string of the molecule is CCN(Cc1ccc(C#CC(C)(C)O)cc1)C[C@@H]1CCCN(CCc2cccc(F)c2)C1. The Labute approximate surface area is 193 Å². The molecule has 1 atom stereocenters. The van der Waals surface area contributed by atoms with Gasteiger partial charge in [0.05, 0.1) is 0 Å². The van der Waals surface area contributed by atoms with Gasteiger partial charge in [0, 0.05) is 31.7 Å². The first-order valence-electron chi connectivity index (χ1n) is 11.8. The minimum Gasteiger partial charge on any atom is -0.378 e. The third-order valence-electron chi connectivity index (χ3n) is 6.05. The Morgan fingerprint density at radius 2 is 1.94 bits per heavy atom. The van der Waals surface area contributed by atoms with Crippen LogP contribution in [0.2, 0.25) is 0 Å². The molecule has 1 N–H and O–H groups in total. The second-order valence-electron chi connectivity index (χ2n) is 9.52. The molecule has 2 aromatic carbocycles. The third kappa shape index (κ3) is 8.39. The summed E-state index contributed by atoms with van der Waals surface area (Å²) in [4.78, 5) is 5.07. The molecule has 32 heavy (non-hydrogen) atoms. The molecule has 0 spiro atoms. The predicted octanol–water partition coefficient (Wildman–Crippen LogP) is 4.72. The van der Waals surface area contributed by atoms with Crippen LogP contribution < -0.4 is 0 Å². The normalized spacial score (nSPS) is 17.2. The average molecular weight is 437 g/mol. The van der Waals surface area contributed by atoms with Gasteiger partial charge in [-0.2, -0.15) is 0 Å². The lowest BCUT2D eigenvalue weighted by Crippen LogP contribution is -2.41. The number of benzene rings is 2. The lowest BCUT2D eigenvalue weighted by molar-refractivity contribution is 0.133. The van der Waals surface area contributed by atoms with Crippen LogP contribution in [0.25, 0.3) is 0 Å². The van der Waals surface area contributed by atoms with Crippen molar-refractivity contribution < 1.29 is 9.50 Å². The molecule has 172 valence electrons. The monoisotopic (exact) mass is 436 g/mol. The molecular formula is C28H37FN2O. The zero-order valence-electron chi connectivity index (χ0n) is 19.8. The largest absolute Gasteiger partial charge is 0.378 e. The summed E-state index contributed by atoms with van der Waals surface area (Å²) < 4.78 is 13.4. The highest BCUT2D eigenvalue weighted by Gasteiger charge is 2.21. The minimum absolute atomic E-state index is 0.144. The third-order valence-corrected chi connectivity index (χ3v) is 6.05. The van der Waals surface area contributed by atoms with Crippen LogP contribution in [-0.4, -0.2) is 53.2 Å². The first-order valence-corrected chi connectivity index (χ1v) is 11.8. The molecule has 1 aliphatic heterocycles. The zero-order valence-corrected chi connectivity index (χ0v) is 19.8. The van der Waals surface area contributed by atoms with Crippen LogP contribution in [0.5, 0.6) is 0 Å². The van der Waals surface area contributed by atoms with Gasteiger partial charge in [-0.1, -0.05) is 43.0 Å². The summed E-state index contributed by atoms with van der Waals surface area (Å²) in [5.74, 6) is 6.43. The minimum atomic E-state index is -0.969. The number of hydrogen-bond donors (Lipinski definition) is 1. The number of rotatable bonds is 8. The maximum Gasteiger partial charge on any atom is 0.123 e.